The number of carbonyl (C=O) groups is 1. The van der Waals surface area contributed by atoms with E-state index in [1.54, 1.807) is 6.92 Å². The van der Waals surface area contributed by atoms with E-state index >= 15 is 0 Å². The van der Waals surface area contributed by atoms with Crippen LogP contribution in [0.4, 0.5) is 0 Å². The first-order chi connectivity index (χ1) is 11.2. The zero-order chi connectivity index (χ0) is 17.3. The van der Waals surface area contributed by atoms with Gasteiger partial charge in [0.15, 0.2) is 5.78 Å². The molecule has 0 bridgehead atoms. The van der Waals surface area contributed by atoms with Crippen molar-refractivity contribution in [3.8, 4) is 0 Å². The summed E-state index contributed by atoms with van der Waals surface area (Å²) in [6.45, 7) is 6.26. The SMILES string of the molecule is CC(=O)[C@@]1(O)CC[C@H]2[C@@H]3CCC4C[C@@H](O)CC[C@]4(C)[C@H]3CC[C@@]21C. The third kappa shape index (κ3) is 2.00. The van der Waals surface area contributed by atoms with Crippen molar-refractivity contribution in [3.05, 3.63) is 0 Å². The van der Waals surface area contributed by atoms with Gasteiger partial charge in [-0.15, -0.1) is 0 Å². The predicted molar refractivity (Wildman–Crippen MR) is 93.4 cm³/mol. The highest BCUT2D eigenvalue weighted by atomic mass is 16.3. The molecule has 136 valence electrons. The quantitative estimate of drug-likeness (QED) is 0.768. The van der Waals surface area contributed by atoms with Crippen molar-refractivity contribution >= 4 is 5.78 Å². The summed E-state index contributed by atoms with van der Waals surface area (Å²) in [4.78, 5) is 12.2. The van der Waals surface area contributed by atoms with Gasteiger partial charge in [0, 0.05) is 5.41 Å². The molecule has 0 aromatic heterocycles. The smallest absolute Gasteiger partial charge is 0.161 e. The molecule has 0 aromatic rings. The molecule has 0 amide bonds. The van der Waals surface area contributed by atoms with E-state index in [4.69, 9.17) is 0 Å². The largest absolute Gasteiger partial charge is 0.393 e. The number of fused-ring (bicyclic) bond motifs is 5. The molecule has 24 heavy (non-hydrogen) atoms. The minimum Gasteiger partial charge on any atom is -0.393 e. The van der Waals surface area contributed by atoms with E-state index in [1.807, 2.05) is 0 Å². The fourth-order valence-corrected chi connectivity index (χ4v) is 7.83. The maximum absolute atomic E-state index is 12.2. The minimum atomic E-state index is -1.09. The van der Waals surface area contributed by atoms with Crippen LogP contribution in [-0.4, -0.2) is 27.7 Å². The number of aliphatic hydroxyl groups excluding tert-OH is 1. The summed E-state index contributed by atoms with van der Waals surface area (Å²) in [6, 6.07) is 0. The number of carbonyl (C=O) groups excluding carboxylic acids is 1. The summed E-state index contributed by atoms with van der Waals surface area (Å²) < 4.78 is 0. The van der Waals surface area contributed by atoms with Gasteiger partial charge in [-0.3, -0.25) is 4.79 Å². The van der Waals surface area contributed by atoms with Crippen molar-refractivity contribution in [2.75, 3.05) is 0 Å². The molecule has 3 heteroatoms. The van der Waals surface area contributed by atoms with Crippen LogP contribution in [0.5, 0.6) is 0 Å². The van der Waals surface area contributed by atoms with Crippen LogP contribution in [0.25, 0.3) is 0 Å². The van der Waals surface area contributed by atoms with Crippen LogP contribution in [0.2, 0.25) is 0 Å². The monoisotopic (exact) mass is 334 g/mol. The fourth-order valence-electron chi connectivity index (χ4n) is 7.83. The summed E-state index contributed by atoms with van der Waals surface area (Å²) in [5, 5.41) is 21.3. The van der Waals surface area contributed by atoms with Crippen LogP contribution in [0.1, 0.15) is 78.6 Å². The topological polar surface area (TPSA) is 57.5 Å². The summed E-state index contributed by atoms with van der Waals surface area (Å²) >= 11 is 0. The molecular formula is C21H34O3. The Labute approximate surface area is 146 Å². The van der Waals surface area contributed by atoms with Crippen molar-refractivity contribution in [2.45, 2.75) is 90.3 Å². The molecule has 1 unspecified atom stereocenters. The summed E-state index contributed by atoms with van der Waals surface area (Å²) in [5.41, 5.74) is -0.957. The number of hydrogen-bond acceptors (Lipinski definition) is 3. The van der Waals surface area contributed by atoms with Crippen molar-refractivity contribution in [2.24, 2.45) is 34.5 Å². The fraction of sp³-hybridized carbons (Fsp3) is 0.952. The lowest BCUT2D eigenvalue weighted by molar-refractivity contribution is -0.170. The van der Waals surface area contributed by atoms with Crippen LogP contribution < -0.4 is 0 Å². The van der Waals surface area contributed by atoms with Gasteiger partial charge in [-0.25, -0.2) is 0 Å². The molecule has 3 nitrogen and oxygen atoms in total. The van der Waals surface area contributed by atoms with E-state index in [0.717, 1.165) is 44.4 Å². The van der Waals surface area contributed by atoms with Gasteiger partial charge < -0.3 is 10.2 Å². The molecule has 0 saturated heterocycles. The second-order valence-corrected chi connectivity index (χ2v) is 10.00. The Kier molecular flexibility index (Phi) is 3.76. The maximum Gasteiger partial charge on any atom is 0.161 e. The Bertz CT molecular complexity index is 545. The van der Waals surface area contributed by atoms with Crippen LogP contribution in [0, 0.1) is 34.5 Å². The van der Waals surface area contributed by atoms with Crippen LogP contribution in [-0.2, 0) is 4.79 Å². The number of rotatable bonds is 1. The van der Waals surface area contributed by atoms with E-state index in [1.165, 1.54) is 12.8 Å². The molecule has 4 saturated carbocycles. The molecule has 0 aliphatic heterocycles. The molecule has 0 aromatic carbocycles. The predicted octanol–water partition coefficient (Wildman–Crippen LogP) is 3.71. The average molecular weight is 335 g/mol. The van der Waals surface area contributed by atoms with Crippen LogP contribution in [0.3, 0.4) is 0 Å². The Balaban J connectivity index is 1.65. The maximum atomic E-state index is 12.2. The van der Waals surface area contributed by atoms with Crippen molar-refractivity contribution in [1.82, 2.24) is 0 Å². The molecular weight excluding hydrogens is 300 g/mol. The molecule has 0 spiro atoms. The third-order valence-electron chi connectivity index (χ3n) is 9.37. The molecule has 4 aliphatic rings. The van der Waals surface area contributed by atoms with Gasteiger partial charge in [0.1, 0.15) is 5.60 Å². The lowest BCUT2D eigenvalue weighted by atomic mass is 9.44. The summed E-state index contributed by atoms with van der Waals surface area (Å²) in [7, 11) is 0. The van der Waals surface area contributed by atoms with Gasteiger partial charge in [-0.2, -0.15) is 0 Å². The van der Waals surface area contributed by atoms with Gasteiger partial charge in [-0.1, -0.05) is 13.8 Å². The second-order valence-electron chi connectivity index (χ2n) is 10.00. The van der Waals surface area contributed by atoms with Crippen molar-refractivity contribution < 1.29 is 15.0 Å². The normalized spacial score (nSPS) is 57.0. The summed E-state index contributed by atoms with van der Waals surface area (Å²) in [5.74, 6) is 2.52. The van der Waals surface area contributed by atoms with E-state index in [9.17, 15) is 15.0 Å². The van der Waals surface area contributed by atoms with Gasteiger partial charge in [0.05, 0.1) is 6.10 Å². The first-order valence-electron chi connectivity index (χ1n) is 10.1. The standard InChI is InChI=1S/C21H34O3/c1-13(22)21(24)11-8-18-16-5-4-14-12-15(23)6-9-19(14,2)17(16)7-10-20(18,21)3/h14-18,23-24H,4-12H2,1-3H3/t14?,15-,16+,17-,18-,19-,20-,21-/m0/s1. The Morgan fingerprint density at radius 3 is 2.38 bits per heavy atom. The lowest BCUT2D eigenvalue weighted by Gasteiger charge is -2.61. The highest BCUT2D eigenvalue weighted by Crippen LogP contribution is 2.68. The highest BCUT2D eigenvalue weighted by Gasteiger charge is 2.65. The molecule has 2 N–H and O–H groups in total. The lowest BCUT2D eigenvalue weighted by Crippen LogP contribution is -2.58. The average Bonchev–Trinajstić information content (AvgIpc) is 2.81. The molecule has 4 fully saturated rings. The number of hydrogen-bond donors (Lipinski definition) is 2. The molecule has 0 radical (unpaired) electrons. The number of ketones is 1. The Hall–Kier alpha value is -0.410. The van der Waals surface area contributed by atoms with Crippen LogP contribution >= 0.6 is 0 Å². The van der Waals surface area contributed by atoms with Gasteiger partial charge in [-0.05, 0) is 93.8 Å². The number of Topliss-reactive ketones (excluding diaryl/α,β-unsaturated/α-hetero) is 1. The van der Waals surface area contributed by atoms with E-state index in [0.29, 0.717) is 29.6 Å². The van der Waals surface area contributed by atoms with Crippen molar-refractivity contribution in [3.63, 3.8) is 0 Å². The molecule has 0 heterocycles. The van der Waals surface area contributed by atoms with Crippen LogP contribution in [0.15, 0.2) is 0 Å². The van der Waals surface area contributed by atoms with Gasteiger partial charge in [0.2, 0.25) is 0 Å². The van der Waals surface area contributed by atoms with Gasteiger partial charge in [0.25, 0.3) is 0 Å². The summed E-state index contributed by atoms with van der Waals surface area (Å²) in [6.07, 6.45) is 9.25. The molecule has 4 rings (SSSR count). The Morgan fingerprint density at radius 2 is 1.67 bits per heavy atom. The first-order valence-corrected chi connectivity index (χ1v) is 10.1. The zero-order valence-electron chi connectivity index (χ0n) is 15.6. The molecule has 4 aliphatic carbocycles. The number of aliphatic hydroxyl groups is 2. The zero-order valence-corrected chi connectivity index (χ0v) is 15.6. The van der Waals surface area contributed by atoms with Crippen molar-refractivity contribution in [1.29, 1.82) is 0 Å². The Morgan fingerprint density at radius 1 is 0.958 bits per heavy atom. The third-order valence-corrected chi connectivity index (χ3v) is 9.37. The first kappa shape index (κ1) is 17.0. The molecule has 8 atom stereocenters. The van der Waals surface area contributed by atoms with E-state index < -0.39 is 5.60 Å². The minimum absolute atomic E-state index is 0.0216. The van der Waals surface area contributed by atoms with E-state index in [2.05, 4.69) is 13.8 Å². The van der Waals surface area contributed by atoms with Gasteiger partial charge >= 0.3 is 0 Å². The van der Waals surface area contributed by atoms with E-state index in [-0.39, 0.29) is 17.3 Å². The highest BCUT2D eigenvalue weighted by molar-refractivity contribution is 5.86. The second kappa shape index (κ2) is 5.30.